The second-order valence-corrected chi connectivity index (χ2v) is 8.75. The van der Waals surface area contributed by atoms with Crippen LogP contribution in [0.3, 0.4) is 0 Å². The molecule has 1 aromatic carbocycles. The largest absolute Gasteiger partial charge is 0.378 e. The van der Waals surface area contributed by atoms with Gasteiger partial charge in [-0.15, -0.1) is 11.3 Å². The summed E-state index contributed by atoms with van der Waals surface area (Å²) in [6.45, 7) is 2.47. The molecule has 7 heteroatoms. The van der Waals surface area contributed by atoms with Gasteiger partial charge in [0.05, 0.1) is 11.0 Å². The smallest absolute Gasteiger partial charge is 0.261 e. The average Bonchev–Trinajstić information content (AvgIpc) is 3.45. The number of carbonyl (C=O) groups is 2. The second-order valence-electron chi connectivity index (χ2n) is 7.81. The topological polar surface area (TPSA) is 61.9 Å². The fourth-order valence-corrected chi connectivity index (χ4v) is 4.14. The van der Waals surface area contributed by atoms with Gasteiger partial charge in [0, 0.05) is 52.4 Å². The Balaban J connectivity index is 1.52. The van der Waals surface area contributed by atoms with E-state index < -0.39 is 0 Å². The van der Waals surface area contributed by atoms with E-state index in [4.69, 9.17) is 4.74 Å². The van der Waals surface area contributed by atoms with Gasteiger partial charge in [0.2, 0.25) is 5.91 Å². The van der Waals surface area contributed by atoms with Gasteiger partial charge in [-0.2, -0.15) is 0 Å². The molecule has 3 rings (SSSR count). The fourth-order valence-electron chi connectivity index (χ4n) is 3.50. The molecule has 0 radical (unpaired) electrons. The molecule has 2 aromatic rings. The Labute approximate surface area is 182 Å². The monoisotopic (exact) mass is 429 g/mol. The zero-order valence-corrected chi connectivity index (χ0v) is 18.6. The highest BCUT2D eigenvalue weighted by Crippen LogP contribution is 2.18. The zero-order valence-electron chi connectivity index (χ0n) is 17.8. The normalized spacial score (nSPS) is 15.7. The molecule has 1 saturated heterocycles. The van der Waals surface area contributed by atoms with Crippen LogP contribution in [-0.2, 0) is 16.1 Å². The van der Waals surface area contributed by atoms with Crippen LogP contribution in [0.5, 0.6) is 0 Å². The summed E-state index contributed by atoms with van der Waals surface area (Å²) in [6, 6.07) is 12.0. The minimum atomic E-state index is -0.0744. The lowest BCUT2D eigenvalue weighted by molar-refractivity contribution is -0.133. The first-order valence-electron chi connectivity index (χ1n) is 10.5. The highest BCUT2D eigenvalue weighted by atomic mass is 32.1. The predicted molar refractivity (Wildman–Crippen MR) is 121 cm³/mol. The summed E-state index contributed by atoms with van der Waals surface area (Å²) in [7, 11) is 4.03. The molecule has 1 aliphatic heterocycles. The number of benzene rings is 1. The van der Waals surface area contributed by atoms with Gasteiger partial charge in [-0.05, 0) is 48.4 Å². The molecule has 1 aliphatic rings. The lowest BCUT2D eigenvalue weighted by atomic mass is 10.1. The van der Waals surface area contributed by atoms with Gasteiger partial charge in [-0.25, -0.2) is 0 Å². The van der Waals surface area contributed by atoms with Crippen LogP contribution < -0.4 is 10.2 Å². The molecule has 162 valence electrons. The van der Waals surface area contributed by atoms with Crippen LogP contribution in [0.25, 0.3) is 0 Å². The molecule has 0 spiro atoms. The van der Waals surface area contributed by atoms with Crippen molar-refractivity contribution in [1.29, 1.82) is 0 Å². The Morgan fingerprint density at radius 1 is 1.20 bits per heavy atom. The van der Waals surface area contributed by atoms with Crippen molar-refractivity contribution in [2.24, 2.45) is 0 Å². The Bertz CT molecular complexity index is 800. The number of nitrogens with one attached hydrogen (secondary N) is 1. The number of ether oxygens (including phenoxy) is 1. The molecule has 0 saturated carbocycles. The molecule has 0 aliphatic carbocycles. The lowest BCUT2D eigenvalue weighted by Crippen LogP contribution is -2.37. The van der Waals surface area contributed by atoms with E-state index in [-0.39, 0.29) is 17.9 Å². The van der Waals surface area contributed by atoms with Crippen molar-refractivity contribution < 1.29 is 14.3 Å². The molecule has 30 heavy (non-hydrogen) atoms. The van der Waals surface area contributed by atoms with Crippen molar-refractivity contribution >= 4 is 28.8 Å². The Morgan fingerprint density at radius 3 is 2.63 bits per heavy atom. The number of hydrogen-bond acceptors (Lipinski definition) is 5. The number of amides is 2. The summed E-state index contributed by atoms with van der Waals surface area (Å²) in [5.41, 5.74) is 2.25. The molecule has 1 aromatic heterocycles. The molecule has 1 N–H and O–H groups in total. The summed E-state index contributed by atoms with van der Waals surface area (Å²) in [4.78, 5) is 29.6. The molecule has 1 unspecified atom stereocenters. The van der Waals surface area contributed by atoms with E-state index in [1.807, 2.05) is 30.4 Å². The van der Waals surface area contributed by atoms with Crippen LogP contribution in [0.4, 0.5) is 5.69 Å². The van der Waals surface area contributed by atoms with Crippen molar-refractivity contribution in [3.63, 3.8) is 0 Å². The third-order valence-electron chi connectivity index (χ3n) is 5.22. The van der Waals surface area contributed by atoms with Gasteiger partial charge in [-0.3, -0.25) is 9.59 Å². The number of anilines is 1. The number of nitrogens with zero attached hydrogens (tertiary/aromatic N) is 2. The molecule has 1 fully saturated rings. The molecule has 2 heterocycles. The molecule has 0 bridgehead atoms. The van der Waals surface area contributed by atoms with Crippen molar-refractivity contribution in [1.82, 2.24) is 10.2 Å². The van der Waals surface area contributed by atoms with E-state index in [1.54, 1.807) is 6.07 Å². The third kappa shape index (κ3) is 6.57. The van der Waals surface area contributed by atoms with E-state index in [0.717, 1.165) is 30.7 Å². The van der Waals surface area contributed by atoms with E-state index >= 15 is 0 Å². The third-order valence-corrected chi connectivity index (χ3v) is 6.09. The maximum atomic E-state index is 12.9. The van der Waals surface area contributed by atoms with Gasteiger partial charge in [0.25, 0.3) is 5.91 Å². The molecular formula is C23H31N3O3S. The highest BCUT2D eigenvalue weighted by molar-refractivity contribution is 7.12. The van der Waals surface area contributed by atoms with Crippen LogP contribution in [-0.4, -0.2) is 56.6 Å². The van der Waals surface area contributed by atoms with E-state index in [1.165, 1.54) is 11.3 Å². The summed E-state index contributed by atoms with van der Waals surface area (Å²) < 4.78 is 5.76. The summed E-state index contributed by atoms with van der Waals surface area (Å²) >= 11 is 1.42. The first kappa shape index (κ1) is 22.3. The maximum absolute atomic E-state index is 12.9. The van der Waals surface area contributed by atoms with Crippen molar-refractivity contribution in [2.45, 2.75) is 38.3 Å². The van der Waals surface area contributed by atoms with Gasteiger partial charge in [0.15, 0.2) is 0 Å². The van der Waals surface area contributed by atoms with Crippen LogP contribution >= 0.6 is 11.3 Å². The number of rotatable bonds is 10. The van der Waals surface area contributed by atoms with Crippen molar-refractivity contribution in [2.75, 3.05) is 38.7 Å². The Hall–Kier alpha value is -2.38. The molecule has 1 atom stereocenters. The number of thiophene rings is 1. The van der Waals surface area contributed by atoms with Gasteiger partial charge >= 0.3 is 0 Å². The SMILES string of the molecule is CN(C)c1ccc(CN(CC2CCCO2)C(=O)CCCNC(=O)c2cccs2)cc1. The Kier molecular flexibility index (Phi) is 8.28. The van der Waals surface area contributed by atoms with Crippen molar-refractivity contribution in [3.05, 3.63) is 52.2 Å². The van der Waals surface area contributed by atoms with Crippen LogP contribution in [0, 0.1) is 0 Å². The minimum Gasteiger partial charge on any atom is -0.378 e. The first-order chi connectivity index (χ1) is 14.5. The van der Waals surface area contributed by atoms with Crippen molar-refractivity contribution in [3.8, 4) is 0 Å². The maximum Gasteiger partial charge on any atom is 0.261 e. The average molecular weight is 430 g/mol. The molecular weight excluding hydrogens is 398 g/mol. The summed E-state index contributed by atoms with van der Waals surface area (Å²) in [6.07, 6.45) is 3.21. The second kappa shape index (κ2) is 11.1. The first-order valence-corrected chi connectivity index (χ1v) is 11.4. The minimum absolute atomic E-state index is 0.0744. The van der Waals surface area contributed by atoms with Gasteiger partial charge in [0.1, 0.15) is 0 Å². The van der Waals surface area contributed by atoms with E-state index in [0.29, 0.717) is 37.4 Å². The summed E-state index contributed by atoms with van der Waals surface area (Å²) in [5, 5.41) is 4.77. The van der Waals surface area contributed by atoms with Gasteiger partial charge < -0.3 is 19.9 Å². The number of carbonyl (C=O) groups excluding carboxylic acids is 2. The van der Waals surface area contributed by atoms with Crippen LogP contribution in [0.2, 0.25) is 0 Å². The highest BCUT2D eigenvalue weighted by Gasteiger charge is 2.22. The lowest BCUT2D eigenvalue weighted by Gasteiger charge is -2.26. The zero-order chi connectivity index (χ0) is 21.3. The standard InChI is InChI=1S/C23H31N3O3S/c1-25(2)19-11-9-18(10-12-19)16-26(17-20-6-4-14-29-20)22(27)8-3-13-24-23(28)21-7-5-15-30-21/h5,7,9-12,15,20H,3-4,6,8,13-14,16-17H2,1-2H3,(H,24,28). The Morgan fingerprint density at radius 2 is 2.00 bits per heavy atom. The van der Waals surface area contributed by atoms with Crippen LogP contribution in [0.15, 0.2) is 41.8 Å². The fraction of sp³-hybridized carbons (Fsp3) is 0.478. The quantitative estimate of drug-likeness (QED) is 0.587. The van der Waals surface area contributed by atoms with E-state index in [2.05, 4.69) is 34.5 Å². The molecule has 6 nitrogen and oxygen atoms in total. The number of hydrogen-bond donors (Lipinski definition) is 1. The molecule has 2 amide bonds. The van der Waals surface area contributed by atoms with E-state index in [9.17, 15) is 9.59 Å². The van der Waals surface area contributed by atoms with Crippen LogP contribution in [0.1, 0.15) is 40.9 Å². The predicted octanol–water partition coefficient (Wildman–Crippen LogP) is 3.53. The summed E-state index contributed by atoms with van der Waals surface area (Å²) in [5.74, 6) is 0.0298. The van der Waals surface area contributed by atoms with Gasteiger partial charge in [-0.1, -0.05) is 18.2 Å².